The molecule has 1 saturated heterocycles. The number of benzene rings is 3. The first-order chi connectivity index (χ1) is 23.8. The number of rotatable bonds is 11. The molecule has 0 unspecified atom stereocenters. The topological polar surface area (TPSA) is 175 Å². The molecule has 1 amide bonds. The number of amides is 1. The summed E-state index contributed by atoms with van der Waals surface area (Å²) in [5.41, 5.74) is 0.989. The van der Waals surface area contributed by atoms with Gasteiger partial charge in [0.2, 0.25) is 5.78 Å². The number of carbonyl (C=O) groups excluding carboxylic acids is 3. The molecule has 0 bridgehead atoms. The lowest BCUT2D eigenvalue weighted by Crippen LogP contribution is -2.53. The van der Waals surface area contributed by atoms with Gasteiger partial charge in [0.15, 0.2) is 10.5 Å². The predicted molar refractivity (Wildman–Crippen MR) is 191 cm³/mol. The van der Waals surface area contributed by atoms with Crippen LogP contribution in [0, 0.1) is 5.41 Å². The summed E-state index contributed by atoms with van der Waals surface area (Å²) in [5, 5.41) is 27.0. The average Bonchev–Trinajstić information content (AvgIpc) is 3.09. The van der Waals surface area contributed by atoms with E-state index in [-0.39, 0.29) is 39.8 Å². The smallest absolute Gasteiger partial charge is 0.336 e. The number of fused-ring (bicyclic) bond motifs is 2. The van der Waals surface area contributed by atoms with E-state index in [2.05, 4.69) is 10.6 Å². The lowest BCUT2D eigenvalue weighted by atomic mass is 9.84. The number of aromatic hydroxyl groups is 1. The van der Waals surface area contributed by atoms with Gasteiger partial charge in [-0.3, -0.25) is 14.4 Å². The third-order valence-corrected chi connectivity index (χ3v) is 9.28. The number of anilines is 1. The number of nitrogens with zero attached hydrogens (tertiary/aromatic N) is 1. The van der Waals surface area contributed by atoms with Crippen LogP contribution in [0.1, 0.15) is 63.2 Å². The molecule has 1 aliphatic carbocycles. The number of carboxylic acid groups (broad SMARTS) is 1. The first-order valence-corrected chi connectivity index (χ1v) is 16.9. The molecule has 2 aromatic carbocycles. The monoisotopic (exact) mass is 701 g/mol. The van der Waals surface area contributed by atoms with E-state index in [1.165, 1.54) is 35.2 Å². The molecule has 4 N–H and O–H groups in total. The summed E-state index contributed by atoms with van der Waals surface area (Å²) >= 11 is 5.41. The zero-order chi connectivity index (χ0) is 36.2. The highest BCUT2D eigenvalue weighted by molar-refractivity contribution is 7.80. The molecule has 2 heterocycles. The number of phenols is 1. The molecule has 0 saturated carbocycles. The molecule has 1 atom stereocenters. The number of ether oxygens (including phenoxy) is 1. The van der Waals surface area contributed by atoms with Crippen molar-refractivity contribution in [2.24, 2.45) is 5.41 Å². The van der Waals surface area contributed by atoms with Gasteiger partial charge in [-0.1, -0.05) is 26.8 Å². The highest BCUT2D eigenvalue weighted by Gasteiger charge is 2.40. The summed E-state index contributed by atoms with van der Waals surface area (Å²) in [5.74, 6) is -2.68. The molecule has 1 fully saturated rings. The number of aromatic carboxylic acids is 1. The van der Waals surface area contributed by atoms with Crippen molar-refractivity contribution in [2.75, 3.05) is 25.0 Å². The number of carboxylic acids is 1. The fourth-order valence-corrected chi connectivity index (χ4v) is 6.10. The van der Waals surface area contributed by atoms with Gasteiger partial charge in [0.05, 0.1) is 12.2 Å². The molecule has 50 heavy (non-hydrogen) atoms. The zero-order valence-electron chi connectivity index (χ0n) is 28.0. The molecule has 3 aliphatic rings. The molecule has 13 heteroatoms. The van der Waals surface area contributed by atoms with Gasteiger partial charge >= 0.3 is 11.9 Å². The van der Waals surface area contributed by atoms with Crippen molar-refractivity contribution in [1.82, 2.24) is 10.2 Å². The average molecular weight is 702 g/mol. The van der Waals surface area contributed by atoms with Gasteiger partial charge in [-0.05, 0) is 86.3 Å². The molecule has 2 aromatic rings. The van der Waals surface area contributed by atoms with Crippen molar-refractivity contribution in [3.05, 3.63) is 70.4 Å². The van der Waals surface area contributed by atoms with E-state index < -0.39 is 35.1 Å². The molecule has 12 nitrogen and oxygen atoms in total. The van der Waals surface area contributed by atoms with Crippen molar-refractivity contribution in [2.45, 2.75) is 58.9 Å². The molecule has 0 aromatic heterocycles. The molecule has 262 valence electrons. The fraction of sp³-hybridized carbons (Fsp3) is 0.351. The van der Waals surface area contributed by atoms with Crippen molar-refractivity contribution >= 4 is 57.6 Å². The van der Waals surface area contributed by atoms with Crippen LogP contribution < -0.4 is 16.1 Å². The maximum Gasteiger partial charge on any atom is 0.336 e. The molecule has 0 spiro atoms. The fourth-order valence-electron chi connectivity index (χ4n) is 5.88. The lowest BCUT2D eigenvalue weighted by Gasteiger charge is -2.35. The third kappa shape index (κ3) is 7.78. The van der Waals surface area contributed by atoms with Crippen LogP contribution in [-0.2, 0) is 19.1 Å². The van der Waals surface area contributed by atoms with E-state index >= 15 is 0 Å². The number of nitrogens with one attached hydrogen (secondary N) is 2. The van der Waals surface area contributed by atoms with E-state index in [4.69, 9.17) is 21.4 Å². The van der Waals surface area contributed by atoms with Crippen LogP contribution in [0.5, 0.6) is 5.75 Å². The number of ketones is 1. The van der Waals surface area contributed by atoms with Gasteiger partial charge in [-0.15, -0.1) is 0 Å². The number of phenolic OH excluding ortho intramolecular Hbond substituents is 1. The number of hydrogen-bond acceptors (Lipinski definition) is 9. The third-order valence-electron chi connectivity index (χ3n) is 9.03. The van der Waals surface area contributed by atoms with Crippen molar-refractivity contribution in [3.63, 3.8) is 0 Å². The summed E-state index contributed by atoms with van der Waals surface area (Å²) < 4.78 is 11.4. The lowest BCUT2D eigenvalue weighted by molar-refractivity contribution is -0.161. The summed E-state index contributed by atoms with van der Waals surface area (Å²) in [4.78, 5) is 64.6. The van der Waals surface area contributed by atoms with Gasteiger partial charge in [0, 0.05) is 52.8 Å². The van der Waals surface area contributed by atoms with Crippen LogP contribution in [0.25, 0.3) is 33.4 Å². The number of carbonyl (C=O) groups is 4. The molecular formula is C37H39N3O9S. The minimum absolute atomic E-state index is 0.0343. The Hall–Kier alpha value is -5.30. The van der Waals surface area contributed by atoms with Crippen molar-refractivity contribution in [3.8, 4) is 28.2 Å². The normalized spacial score (nSPS) is 14.7. The van der Waals surface area contributed by atoms with Crippen molar-refractivity contribution in [1.29, 1.82) is 0 Å². The summed E-state index contributed by atoms with van der Waals surface area (Å²) in [6.07, 6.45) is 2.81. The van der Waals surface area contributed by atoms with E-state index in [0.29, 0.717) is 66.5 Å². The molecule has 5 rings (SSSR count). The van der Waals surface area contributed by atoms with Gasteiger partial charge in [0.1, 0.15) is 23.1 Å². The second-order valence-corrected chi connectivity index (χ2v) is 13.3. The molecule has 0 radical (unpaired) electrons. The maximum atomic E-state index is 13.0. The minimum atomic E-state index is -1.19. The number of hydrogen-bond donors (Lipinski definition) is 4. The van der Waals surface area contributed by atoms with Crippen LogP contribution in [-0.4, -0.2) is 69.6 Å². The highest BCUT2D eigenvalue weighted by atomic mass is 32.1. The largest absolute Gasteiger partial charge is 0.508 e. The Balaban J connectivity index is 1.21. The highest BCUT2D eigenvalue weighted by Crippen LogP contribution is 2.42. The van der Waals surface area contributed by atoms with Crippen LogP contribution in [0.4, 0.5) is 5.69 Å². The zero-order valence-corrected chi connectivity index (χ0v) is 28.9. The first-order valence-electron chi connectivity index (χ1n) is 16.4. The Morgan fingerprint density at radius 3 is 2.54 bits per heavy atom. The second-order valence-electron chi connectivity index (χ2n) is 12.9. The van der Waals surface area contributed by atoms with Crippen LogP contribution in [0.3, 0.4) is 0 Å². The Morgan fingerprint density at radius 2 is 1.80 bits per heavy atom. The molecular weight excluding hydrogens is 662 g/mol. The van der Waals surface area contributed by atoms with Gasteiger partial charge in [-0.2, -0.15) is 0 Å². The second kappa shape index (κ2) is 15.1. The number of likely N-dealkylation sites (tertiary alicyclic amines) is 1. The summed E-state index contributed by atoms with van der Waals surface area (Å²) in [6, 6.07) is 12.7. The van der Waals surface area contributed by atoms with Crippen LogP contribution >= 0.6 is 12.2 Å². The SMILES string of the molecule is CCC(C)(C)C(=O)C(=O)N1CCCC[C@H]1C(=O)OCCCNC(=S)Nc1ccc(-c2c3ccc(=O)cc-3oc3cc(O)ccc23)c(C(=O)O)c1. The Kier molecular flexibility index (Phi) is 10.9. The van der Waals surface area contributed by atoms with E-state index in [1.54, 1.807) is 38.1 Å². The number of Topliss-reactive ketones (excluding diaryl/α,β-unsaturated/α-hetero) is 1. The van der Waals surface area contributed by atoms with Crippen LogP contribution in [0.15, 0.2) is 63.8 Å². The van der Waals surface area contributed by atoms with E-state index in [9.17, 15) is 34.2 Å². The van der Waals surface area contributed by atoms with Crippen molar-refractivity contribution < 1.29 is 38.5 Å². The van der Waals surface area contributed by atoms with Gasteiger partial charge in [-0.25, -0.2) is 9.59 Å². The Bertz CT molecular complexity index is 2000. The van der Waals surface area contributed by atoms with E-state index in [1.807, 2.05) is 6.92 Å². The van der Waals surface area contributed by atoms with Gasteiger partial charge in [0.25, 0.3) is 5.91 Å². The standard InChI is InChI=1S/C37H39N3O9S/c1-4-37(2,3)32(43)33(44)40-16-6-5-8-28(40)35(47)48-17-7-15-38-36(50)39-21-9-12-24(27(18-21)34(45)46)31-25-13-10-22(41)19-29(25)49-30-20-23(42)11-14-26(30)31/h9-14,18-20,28,41H,4-8,15-17H2,1-3H3,(H,45,46)(H2,38,39,50)/t28-/m0/s1. The number of esters is 1. The predicted octanol–water partition coefficient (Wildman–Crippen LogP) is 5.57. The summed E-state index contributed by atoms with van der Waals surface area (Å²) in [6.45, 7) is 6.02. The van der Waals surface area contributed by atoms with E-state index in [0.717, 1.165) is 6.42 Å². The first kappa shape index (κ1) is 36.0. The Morgan fingerprint density at radius 1 is 1.04 bits per heavy atom. The number of thiocarbonyl (C=S) groups is 1. The van der Waals surface area contributed by atoms with Gasteiger partial charge < -0.3 is 34.9 Å². The molecule has 2 aliphatic heterocycles. The number of piperidine rings is 1. The Labute approximate surface area is 293 Å². The minimum Gasteiger partial charge on any atom is -0.508 e. The maximum absolute atomic E-state index is 13.0. The van der Waals surface area contributed by atoms with Crippen LogP contribution in [0.2, 0.25) is 0 Å². The summed E-state index contributed by atoms with van der Waals surface area (Å²) in [7, 11) is 0. The quantitative estimate of drug-likeness (QED) is 0.0504.